The van der Waals surface area contributed by atoms with Crippen LogP contribution in [0.25, 0.3) is 0 Å². The summed E-state index contributed by atoms with van der Waals surface area (Å²) < 4.78 is 5.29. The van der Waals surface area contributed by atoms with Gasteiger partial charge in [0.2, 0.25) is 0 Å². The molecule has 2 heterocycles. The zero-order chi connectivity index (χ0) is 9.80. The lowest BCUT2D eigenvalue weighted by Crippen LogP contribution is -2.36. The molecule has 0 aliphatic carbocycles. The standard InChI is InChI=1S/C10H15N3O/c1-2-9-7-11-8-10(12-9)13-3-5-14-6-4-13/h7-8H,2-6H2,1H3. The van der Waals surface area contributed by atoms with Gasteiger partial charge in [-0.3, -0.25) is 4.98 Å². The van der Waals surface area contributed by atoms with Crippen LogP contribution < -0.4 is 4.90 Å². The highest BCUT2D eigenvalue weighted by molar-refractivity contribution is 5.36. The molecule has 0 saturated carbocycles. The van der Waals surface area contributed by atoms with E-state index in [0.717, 1.165) is 44.2 Å². The Morgan fingerprint density at radius 3 is 2.86 bits per heavy atom. The van der Waals surface area contributed by atoms with Crippen molar-refractivity contribution in [3.8, 4) is 0 Å². The van der Waals surface area contributed by atoms with Gasteiger partial charge in [0.25, 0.3) is 0 Å². The first-order valence-electron chi connectivity index (χ1n) is 5.04. The lowest BCUT2D eigenvalue weighted by molar-refractivity contribution is 0.122. The van der Waals surface area contributed by atoms with Gasteiger partial charge in [0, 0.05) is 19.3 Å². The molecule has 1 aliphatic rings. The number of aryl methyl sites for hydroxylation is 1. The third-order valence-electron chi connectivity index (χ3n) is 2.37. The number of rotatable bonds is 2. The maximum atomic E-state index is 5.29. The molecule has 0 radical (unpaired) electrons. The van der Waals surface area contributed by atoms with E-state index >= 15 is 0 Å². The highest BCUT2D eigenvalue weighted by Gasteiger charge is 2.12. The molecule has 1 saturated heterocycles. The van der Waals surface area contributed by atoms with Crippen molar-refractivity contribution < 1.29 is 4.74 Å². The molecular weight excluding hydrogens is 178 g/mol. The quantitative estimate of drug-likeness (QED) is 0.698. The monoisotopic (exact) mass is 193 g/mol. The van der Waals surface area contributed by atoms with Crippen molar-refractivity contribution in [1.29, 1.82) is 0 Å². The Kier molecular flexibility index (Phi) is 2.93. The van der Waals surface area contributed by atoms with Crippen molar-refractivity contribution in [2.75, 3.05) is 31.2 Å². The third kappa shape index (κ3) is 2.01. The van der Waals surface area contributed by atoms with Gasteiger partial charge in [0.15, 0.2) is 0 Å². The number of nitrogens with zero attached hydrogens (tertiary/aromatic N) is 3. The molecule has 4 nitrogen and oxygen atoms in total. The van der Waals surface area contributed by atoms with E-state index in [-0.39, 0.29) is 0 Å². The van der Waals surface area contributed by atoms with Crippen LogP contribution in [0, 0.1) is 0 Å². The van der Waals surface area contributed by atoms with Gasteiger partial charge < -0.3 is 9.64 Å². The summed E-state index contributed by atoms with van der Waals surface area (Å²) in [5.74, 6) is 0.979. The number of aromatic nitrogens is 2. The summed E-state index contributed by atoms with van der Waals surface area (Å²) in [6.07, 6.45) is 4.58. The summed E-state index contributed by atoms with van der Waals surface area (Å²) in [6, 6.07) is 0. The average molecular weight is 193 g/mol. The molecule has 0 atom stereocenters. The fourth-order valence-corrected chi connectivity index (χ4v) is 1.51. The molecule has 76 valence electrons. The molecule has 14 heavy (non-hydrogen) atoms. The number of ether oxygens (including phenoxy) is 1. The van der Waals surface area contributed by atoms with Crippen LogP contribution in [0.2, 0.25) is 0 Å². The summed E-state index contributed by atoms with van der Waals surface area (Å²) in [6.45, 7) is 5.51. The van der Waals surface area contributed by atoms with Gasteiger partial charge in [0.05, 0.1) is 25.1 Å². The van der Waals surface area contributed by atoms with Gasteiger partial charge in [-0.25, -0.2) is 4.98 Å². The van der Waals surface area contributed by atoms with E-state index in [1.54, 1.807) is 0 Å². The zero-order valence-electron chi connectivity index (χ0n) is 8.44. The molecule has 0 unspecified atom stereocenters. The Bertz CT molecular complexity index is 297. The third-order valence-corrected chi connectivity index (χ3v) is 2.37. The van der Waals surface area contributed by atoms with E-state index in [9.17, 15) is 0 Å². The fraction of sp³-hybridized carbons (Fsp3) is 0.600. The molecule has 4 heteroatoms. The van der Waals surface area contributed by atoms with E-state index in [1.165, 1.54) is 0 Å². The minimum atomic E-state index is 0.790. The van der Waals surface area contributed by atoms with Crippen molar-refractivity contribution in [2.24, 2.45) is 0 Å². The van der Waals surface area contributed by atoms with Crippen LogP contribution in [-0.4, -0.2) is 36.3 Å². The van der Waals surface area contributed by atoms with Crippen molar-refractivity contribution in [3.05, 3.63) is 18.1 Å². The van der Waals surface area contributed by atoms with E-state index in [2.05, 4.69) is 21.8 Å². The Morgan fingerprint density at radius 2 is 2.14 bits per heavy atom. The van der Waals surface area contributed by atoms with Crippen molar-refractivity contribution >= 4 is 5.82 Å². The van der Waals surface area contributed by atoms with Crippen LogP contribution in [0.5, 0.6) is 0 Å². The SMILES string of the molecule is CCc1cncc(N2CCOCC2)n1. The van der Waals surface area contributed by atoms with Crippen LogP contribution in [0.3, 0.4) is 0 Å². The normalized spacial score (nSPS) is 17.1. The lowest BCUT2D eigenvalue weighted by Gasteiger charge is -2.27. The van der Waals surface area contributed by atoms with Crippen molar-refractivity contribution in [1.82, 2.24) is 9.97 Å². The Hall–Kier alpha value is -1.16. The first-order chi connectivity index (χ1) is 6.90. The van der Waals surface area contributed by atoms with E-state index in [0.29, 0.717) is 0 Å². The minimum Gasteiger partial charge on any atom is -0.378 e. The molecule has 1 aliphatic heterocycles. The Labute approximate surface area is 83.9 Å². The van der Waals surface area contributed by atoms with Crippen LogP contribution in [0.4, 0.5) is 5.82 Å². The molecule has 0 amide bonds. The van der Waals surface area contributed by atoms with Gasteiger partial charge in [-0.15, -0.1) is 0 Å². The molecule has 1 aromatic rings. The Morgan fingerprint density at radius 1 is 1.36 bits per heavy atom. The lowest BCUT2D eigenvalue weighted by atomic mass is 10.3. The fourth-order valence-electron chi connectivity index (χ4n) is 1.51. The average Bonchev–Trinajstić information content (AvgIpc) is 2.30. The summed E-state index contributed by atoms with van der Waals surface area (Å²) in [4.78, 5) is 10.9. The van der Waals surface area contributed by atoms with Gasteiger partial charge in [-0.1, -0.05) is 6.92 Å². The van der Waals surface area contributed by atoms with E-state index in [4.69, 9.17) is 4.74 Å². The van der Waals surface area contributed by atoms with Crippen LogP contribution >= 0.6 is 0 Å². The highest BCUT2D eigenvalue weighted by Crippen LogP contribution is 2.11. The Balaban J connectivity index is 2.13. The second kappa shape index (κ2) is 4.37. The maximum absolute atomic E-state index is 5.29. The second-order valence-electron chi connectivity index (χ2n) is 3.32. The van der Waals surface area contributed by atoms with Crippen LogP contribution in [0.1, 0.15) is 12.6 Å². The van der Waals surface area contributed by atoms with Crippen LogP contribution in [0.15, 0.2) is 12.4 Å². The maximum Gasteiger partial charge on any atom is 0.147 e. The predicted octanol–water partition coefficient (Wildman–Crippen LogP) is 0.876. The summed E-state index contributed by atoms with van der Waals surface area (Å²) in [5.41, 5.74) is 1.05. The summed E-state index contributed by atoms with van der Waals surface area (Å²) in [5, 5.41) is 0. The smallest absolute Gasteiger partial charge is 0.147 e. The van der Waals surface area contributed by atoms with Crippen molar-refractivity contribution in [3.63, 3.8) is 0 Å². The first-order valence-corrected chi connectivity index (χ1v) is 5.04. The summed E-state index contributed by atoms with van der Waals surface area (Å²) in [7, 11) is 0. The molecule has 0 aromatic carbocycles. The molecule has 0 bridgehead atoms. The number of hydrogen-bond donors (Lipinski definition) is 0. The molecule has 0 N–H and O–H groups in total. The van der Waals surface area contributed by atoms with Gasteiger partial charge in [-0.2, -0.15) is 0 Å². The number of anilines is 1. The summed E-state index contributed by atoms with van der Waals surface area (Å²) >= 11 is 0. The van der Waals surface area contributed by atoms with Crippen LogP contribution in [-0.2, 0) is 11.2 Å². The largest absolute Gasteiger partial charge is 0.378 e. The predicted molar refractivity (Wildman–Crippen MR) is 54.4 cm³/mol. The molecule has 1 fully saturated rings. The second-order valence-corrected chi connectivity index (χ2v) is 3.32. The topological polar surface area (TPSA) is 38.2 Å². The van der Waals surface area contributed by atoms with E-state index in [1.807, 2.05) is 12.4 Å². The van der Waals surface area contributed by atoms with Gasteiger partial charge in [0.1, 0.15) is 5.82 Å². The minimum absolute atomic E-state index is 0.790. The highest BCUT2D eigenvalue weighted by atomic mass is 16.5. The van der Waals surface area contributed by atoms with Gasteiger partial charge >= 0.3 is 0 Å². The number of morpholine rings is 1. The molecular formula is C10H15N3O. The molecule has 0 spiro atoms. The number of hydrogen-bond acceptors (Lipinski definition) is 4. The zero-order valence-corrected chi connectivity index (χ0v) is 8.44. The van der Waals surface area contributed by atoms with Gasteiger partial charge in [-0.05, 0) is 6.42 Å². The molecule has 2 rings (SSSR count). The van der Waals surface area contributed by atoms with E-state index < -0.39 is 0 Å². The molecule has 1 aromatic heterocycles. The first kappa shape index (κ1) is 9.40. The van der Waals surface area contributed by atoms with Crippen molar-refractivity contribution in [2.45, 2.75) is 13.3 Å².